The highest BCUT2D eigenvalue weighted by atomic mass is 19.1. The molecule has 0 unspecified atom stereocenters. The lowest BCUT2D eigenvalue weighted by Crippen LogP contribution is -2.19. The predicted molar refractivity (Wildman–Crippen MR) is 82.3 cm³/mol. The SMILES string of the molecule is CCCNCc1ccoc1CN(C)Cc1ccc(F)cc1. The fraction of sp³-hybridized carbons (Fsp3) is 0.412. The minimum Gasteiger partial charge on any atom is -0.468 e. The molecule has 1 heterocycles. The molecule has 0 bridgehead atoms. The van der Waals surface area contributed by atoms with Crippen LogP contribution in [0.25, 0.3) is 0 Å². The second kappa shape index (κ2) is 7.96. The Labute approximate surface area is 125 Å². The second-order valence-electron chi connectivity index (χ2n) is 5.34. The average Bonchev–Trinajstić information content (AvgIpc) is 2.89. The molecule has 0 saturated heterocycles. The van der Waals surface area contributed by atoms with Gasteiger partial charge in [0, 0.05) is 18.7 Å². The van der Waals surface area contributed by atoms with E-state index in [1.807, 2.05) is 25.2 Å². The van der Waals surface area contributed by atoms with Crippen LogP contribution < -0.4 is 5.32 Å². The van der Waals surface area contributed by atoms with Gasteiger partial charge in [0.2, 0.25) is 0 Å². The molecule has 4 heteroatoms. The first-order valence-corrected chi connectivity index (χ1v) is 7.38. The van der Waals surface area contributed by atoms with E-state index < -0.39 is 0 Å². The molecule has 0 radical (unpaired) electrons. The lowest BCUT2D eigenvalue weighted by molar-refractivity contribution is 0.285. The maximum atomic E-state index is 12.9. The van der Waals surface area contributed by atoms with Crippen LogP contribution in [0.2, 0.25) is 0 Å². The second-order valence-corrected chi connectivity index (χ2v) is 5.34. The van der Waals surface area contributed by atoms with Gasteiger partial charge in [0.25, 0.3) is 0 Å². The number of nitrogens with one attached hydrogen (secondary N) is 1. The first-order valence-electron chi connectivity index (χ1n) is 7.38. The number of halogens is 1. The van der Waals surface area contributed by atoms with Crippen molar-refractivity contribution in [3.05, 3.63) is 59.3 Å². The van der Waals surface area contributed by atoms with E-state index >= 15 is 0 Å². The summed E-state index contributed by atoms with van der Waals surface area (Å²) >= 11 is 0. The number of furan rings is 1. The lowest BCUT2D eigenvalue weighted by Gasteiger charge is -2.16. The third-order valence-electron chi connectivity index (χ3n) is 3.36. The molecule has 0 atom stereocenters. The van der Waals surface area contributed by atoms with E-state index in [1.54, 1.807) is 6.26 Å². The van der Waals surface area contributed by atoms with Crippen LogP contribution in [0.15, 0.2) is 41.0 Å². The first-order chi connectivity index (χ1) is 10.2. The summed E-state index contributed by atoms with van der Waals surface area (Å²) in [6.45, 7) is 5.51. The van der Waals surface area contributed by atoms with Crippen molar-refractivity contribution in [2.75, 3.05) is 13.6 Å². The van der Waals surface area contributed by atoms with Gasteiger partial charge in [-0.15, -0.1) is 0 Å². The van der Waals surface area contributed by atoms with Gasteiger partial charge in [-0.3, -0.25) is 4.90 Å². The molecule has 1 aromatic carbocycles. The fourth-order valence-corrected chi connectivity index (χ4v) is 2.27. The van der Waals surface area contributed by atoms with Gasteiger partial charge in [0.15, 0.2) is 0 Å². The summed E-state index contributed by atoms with van der Waals surface area (Å²) in [6, 6.07) is 8.64. The van der Waals surface area contributed by atoms with Crippen LogP contribution in [-0.4, -0.2) is 18.5 Å². The van der Waals surface area contributed by atoms with Crippen molar-refractivity contribution < 1.29 is 8.81 Å². The zero-order valence-electron chi connectivity index (χ0n) is 12.7. The van der Waals surface area contributed by atoms with E-state index in [-0.39, 0.29) is 5.82 Å². The van der Waals surface area contributed by atoms with Crippen molar-refractivity contribution in [3.8, 4) is 0 Å². The standard InChI is InChI=1S/C17H23FN2O/c1-3-9-19-11-15-8-10-21-17(15)13-20(2)12-14-4-6-16(18)7-5-14/h4-8,10,19H,3,9,11-13H2,1-2H3. The number of rotatable bonds is 8. The van der Waals surface area contributed by atoms with E-state index in [4.69, 9.17) is 4.42 Å². The van der Waals surface area contributed by atoms with Gasteiger partial charge in [-0.1, -0.05) is 19.1 Å². The van der Waals surface area contributed by atoms with Crippen molar-refractivity contribution in [1.29, 1.82) is 0 Å². The number of benzene rings is 1. The molecule has 1 N–H and O–H groups in total. The van der Waals surface area contributed by atoms with Gasteiger partial charge in [0.05, 0.1) is 12.8 Å². The van der Waals surface area contributed by atoms with Gasteiger partial charge >= 0.3 is 0 Å². The maximum Gasteiger partial charge on any atom is 0.123 e. The van der Waals surface area contributed by atoms with Crippen molar-refractivity contribution in [3.63, 3.8) is 0 Å². The summed E-state index contributed by atoms with van der Waals surface area (Å²) < 4.78 is 18.5. The van der Waals surface area contributed by atoms with Crippen LogP contribution in [0.1, 0.15) is 30.2 Å². The highest BCUT2D eigenvalue weighted by Gasteiger charge is 2.09. The molecular formula is C17H23FN2O. The molecule has 0 spiro atoms. The molecule has 114 valence electrons. The van der Waals surface area contributed by atoms with Gasteiger partial charge in [0.1, 0.15) is 11.6 Å². The Hall–Kier alpha value is -1.65. The largest absolute Gasteiger partial charge is 0.468 e. The predicted octanol–water partition coefficient (Wildman–Crippen LogP) is 3.55. The molecule has 0 aliphatic rings. The minimum atomic E-state index is -0.197. The zero-order valence-corrected chi connectivity index (χ0v) is 12.7. The van der Waals surface area contributed by atoms with Gasteiger partial charge in [-0.2, -0.15) is 0 Å². The molecule has 1 aromatic heterocycles. The van der Waals surface area contributed by atoms with E-state index in [1.165, 1.54) is 17.7 Å². The summed E-state index contributed by atoms with van der Waals surface area (Å²) in [6.07, 6.45) is 2.86. The summed E-state index contributed by atoms with van der Waals surface area (Å²) in [4.78, 5) is 2.16. The average molecular weight is 290 g/mol. The topological polar surface area (TPSA) is 28.4 Å². The van der Waals surface area contributed by atoms with Crippen LogP contribution in [0, 0.1) is 5.82 Å². The minimum absolute atomic E-state index is 0.197. The monoisotopic (exact) mass is 290 g/mol. The third kappa shape index (κ3) is 4.99. The molecule has 3 nitrogen and oxygen atoms in total. The van der Waals surface area contributed by atoms with Crippen molar-refractivity contribution >= 4 is 0 Å². The Bertz CT molecular complexity index is 536. The number of hydrogen-bond donors (Lipinski definition) is 1. The Morgan fingerprint density at radius 3 is 2.62 bits per heavy atom. The van der Waals surface area contributed by atoms with Crippen molar-refractivity contribution in [2.45, 2.75) is 33.0 Å². The zero-order chi connectivity index (χ0) is 15.1. The molecule has 0 amide bonds. The molecule has 0 saturated carbocycles. The van der Waals surface area contributed by atoms with E-state index in [0.29, 0.717) is 0 Å². The molecule has 2 rings (SSSR count). The molecule has 0 aliphatic carbocycles. The Kier molecular flexibility index (Phi) is 5.96. The highest BCUT2D eigenvalue weighted by Crippen LogP contribution is 2.14. The van der Waals surface area contributed by atoms with Crippen molar-refractivity contribution in [1.82, 2.24) is 10.2 Å². The smallest absolute Gasteiger partial charge is 0.123 e. The maximum absolute atomic E-state index is 12.9. The molecule has 0 fully saturated rings. The van der Waals surface area contributed by atoms with Gasteiger partial charge in [-0.25, -0.2) is 4.39 Å². The fourth-order valence-electron chi connectivity index (χ4n) is 2.27. The molecular weight excluding hydrogens is 267 g/mol. The van der Waals surface area contributed by atoms with E-state index in [0.717, 1.165) is 43.9 Å². The summed E-state index contributed by atoms with van der Waals surface area (Å²) in [5.41, 5.74) is 2.30. The Balaban J connectivity index is 1.88. The van der Waals surface area contributed by atoms with Crippen molar-refractivity contribution in [2.24, 2.45) is 0 Å². The normalized spacial score (nSPS) is 11.2. The summed E-state index contributed by atoms with van der Waals surface area (Å²) in [5, 5.41) is 3.39. The number of hydrogen-bond acceptors (Lipinski definition) is 3. The van der Waals surface area contributed by atoms with Crippen LogP contribution >= 0.6 is 0 Å². The summed E-state index contributed by atoms with van der Waals surface area (Å²) in [5.74, 6) is 0.792. The van der Waals surface area contributed by atoms with E-state index in [2.05, 4.69) is 17.1 Å². The molecule has 21 heavy (non-hydrogen) atoms. The Morgan fingerprint density at radius 2 is 1.90 bits per heavy atom. The van der Waals surface area contributed by atoms with Crippen LogP contribution in [0.3, 0.4) is 0 Å². The van der Waals surface area contributed by atoms with Crippen LogP contribution in [0.4, 0.5) is 4.39 Å². The first kappa shape index (κ1) is 15.7. The van der Waals surface area contributed by atoms with Gasteiger partial charge in [-0.05, 0) is 43.8 Å². The molecule has 0 aliphatic heterocycles. The lowest BCUT2D eigenvalue weighted by atomic mass is 10.2. The van der Waals surface area contributed by atoms with Gasteiger partial charge < -0.3 is 9.73 Å². The number of nitrogens with zero attached hydrogens (tertiary/aromatic N) is 1. The van der Waals surface area contributed by atoms with Crippen LogP contribution in [0.5, 0.6) is 0 Å². The quantitative estimate of drug-likeness (QED) is 0.754. The summed E-state index contributed by atoms with van der Waals surface area (Å²) in [7, 11) is 2.04. The highest BCUT2D eigenvalue weighted by molar-refractivity contribution is 5.18. The Morgan fingerprint density at radius 1 is 1.14 bits per heavy atom. The van der Waals surface area contributed by atoms with E-state index in [9.17, 15) is 4.39 Å². The van der Waals surface area contributed by atoms with Crippen LogP contribution in [-0.2, 0) is 19.6 Å². The molecule has 2 aromatic rings. The third-order valence-corrected chi connectivity index (χ3v) is 3.36.